The second kappa shape index (κ2) is 11.2. The number of carboxylic acids is 1. The summed E-state index contributed by atoms with van der Waals surface area (Å²) in [4.78, 5) is 37.3. The summed E-state index contributed by atoms with van der Waals surface area (Å²) >= 11 is 6.47. The highest BCUT2D eigenvalue weighted by atomic mass is 35.5. The first-order chi connectivity index (χ1) is 15.9. The Morgan fingerprint density at radius 2 is 1.91 bits per heavy atom. The number of fused-ring (bicyclic) bond motifs is 1. The van der Waals surface area contributed by atoms with Crippen molar-refractivity contribution in [1.29, 1.82) is 0 Å². The molecule has 3 rings (SSSR count). The summed E-state index contributed by atoms with van der Waals surface area (Å²) in [6.07, 6.45) is 2.83. The molecule has 33 heavy (non-hydrogen) atoms. The van der Waals surface area contributed by atoms with E-state index in [1.807, 2.05) is 18.2 Å². The lowest BCUT2D eigenvalue weighted by Gasteiger charge is -2.10. The van der Waals surface area contributed by atoms with Crippen molar-refractivity contribution in [3.63, 3.8) is 0 Å². The lowest BCUT2D eigenvalue weighted by Crippen LogP contribution is -2.28. The zero-order valence-corrected chi connectivity index (χ0v) is 18.5. The van der Waals surface area contributed by atoms with Gasteiger partial charge in [0, 0.05) is 29.1 Å². The van der Waals surface area contributed by atoms with E-state index in [4.69, 9.17) is 26.2 Å². The minimum atomic E-state index is -1.01. The number of benzene rings is 2. The van der Waals surface area contributed by atoms with Crippen molar-refractivity contribution in [1.82, 2.24) is 10.3 Å². The Balaban J connectivity index is 1.65. The molecule has 1 heterocycles. The first kappa shape index (κ1) is 23.9. The normalized spacial score (nSPS) is 10.6. The molecule has 0 aliphatic carbocycles. The van der Waals surface area contributed by atoms with Gasteiger partial charge < -0.3 is 24.9 Å². The number of carbonyl (C=O) groups is 3. The zero-order valence-electron chi connectivity index (χ0n) is 17.7. The molecule has 0 aliphatic heterocycles. The largest absolute Gasteiger partial charge is 0.492 e. The molecule has 172 valence electrons. The zero-order chi connectivity index (χ0) is 23.8. The summed E-state index contributed by atoms with van der Waals surface area (Å²) in [5.74, 6) is -1.20. The number of H-pyrrole nitrogens is 1. The summed E-state index contributed by atoms with van der Waals surface area (Å²) in [5, 5.41) is 12.4. The van der Waals surface area contributed by atoms with Crippen LogP contribution in [0.2, 0.25) is 5.02 Å². The third-order valence-corrected chi connectivity index (χ3v) is 5.06. The number of aromatic amines is 1. The molecule has 0 unspecified atom stereocenters. The quantitative estimate of drug-likeness (QED) is 0.220. The van der Waals surface area contributed by atoms with Crippen LogP contribution in [0.5, 0.6) is 5.75 Å². The summed E-state index contributed by atoms with van der Waals surface area (Å²) in [6.45, 7) is 4.17. The van der Waals surface area contributed by atoms with Crippen molar-refractivity contribution in [2.75, 3.05) is 19.8 Å². The van der Waals surface area contributed by atoms with Crippen molar-refractivity contribution in [2.24, 2.45) is 0 Å². The van der Waals surface area contributed by atoms with E-state index >= 15 is 0 Å². The fraction of sp³-hybridized carbons (Fsp3) is 0.208. The number of nitrogens with one attached hydrogen (secondary N) is 2. The van der Waals surface area contributed by atoms with Crippen LogP contribution in [0.1, 0.15) is 23.2 Å². The molecule has 0 atom stereocenters. The smallest absolute Gasteiger partial charge is 0.340 e. The molecule has 8 nitrogen and oxygen atoms in total. The molecule has 0 bridgehead atoms. The van der Waals surface area contributed by atoms with E-state index in [-0.39, 0.29) is 38.5 Å². The Morgan fingerprint density at radius 3 is 2.61 bits per heavy atom. The van der Waals surface area contributed by atoms with E-state index in [0.717, 1.165) is 16.6 Å². The molecule has 1 aromatic heterocycles. The molecule has 3 aromatic rings. The lowest BCUT2D eigenvalue weighted by molar-refractivity contribution is -0.138. The van der Waals surface area contributed by atoms with Gasteiger partial charge in [0.1, 0.15) is 19.0 Å². The number of rotatable bonds is 11. The molecule has 1 amide bonds. The van der Waals surface area contributed by atoms with Gasteiger partial charge in [-0.05, 0) is 29.8 Å². The van der Waals surface area contributed by atoms with Crippen LogP contribution in [0.3, 0.4) is 0 Å². The van der Waals surface area contributed by atoms with Gasteiger partial charge in [0.05, 0.1) is 23.6 Å². The molecule has 3 N–H and O–H groups in total. The van der Waals surface area contributed by atoms with Crippen LogP contribution in [0.25, 0.3) is 22.0 Å². The van der Waals surface area contributed by atoms with Crippen LogP contribution in [0.4, 0.5) is 0 Å². The van der Waals surface area contributed by atoms with Gasteiger partial charge in [-0.15, -0.1) is 0 Å². The number of ether oxygens (including phenoxy) is 2. The molecule has 0 saturated heterocycles. The van der Waals surface area contributed by atoms with E-state index in [2.05, 4.69) is 16.9 Å². The maximum absolute atomic E-state index is 12.3. The van der Waals surface area contributed by atoms with Crippen LogP contribution in [-0.4, -0.2) is 47.7 Å². The SMILES string of the molecule is C=CCOC(=O)c1c[nH]c2cc(Cl)c(-c3ccc(OCCNC(=O)CCC(=O)O)cc3)cc12. The minimum absolute atomic E-state index is 0.0655. The second-order valence-electron chi connectivity index (χ2n) is 7.08. The van der Waals surface area contributed by atoms with Crippen LogP contribution in [0, 0.1) is 0 Å². The van der Waals surface area contributed by atoms with Gasteiger partial charge in [0.15, 0.2) is 0 Å². The highest BCUT2D eigenvalue weighted by molar-refractivity contribution is 6.34. The standard InChI is InChI=1S/C24H23ClN2O6/c1-2-10-33-24(31)19-14-27-21-13-20(25)17(12-18(19)21)15-3-5-16(6-4-15)32-11-9-26-22(28)7-8-23(29)30/h2-6,12-14,27H,1,7-11H2,(H,26,28)(H,29,30). The number of hydrogen-bond acceptors (Lipinski definition) is 5. The maximum atomic E-state index is 12.3. The van der Waals surface area contributed by atoms with Crippen LogP contribution in [0.15, 0.2) is 55.3 Å². The Hall–Kier alpha value is -3.78. The Kier molecular flexibility index (Phi) is 8.10. The first-order valence-electron chi connectivity index (χ1n) is 10.2. The summed E-state index contributed by atoms with van der Waals surface area (Å²) in [6, 6.07) is 10.8. The summed E-state index contributed by atoms with van der Waals surface area (Å²) in [5.41, 5.74) is 2.72. The highest BCUT2D eigenvalue weighted by Crippen LogP contribution is 2.34. The molecule has 0 radical (unpaired) electrons. The van der Waals surface area contributed by atoms with Gasteiger partial charge in [-0.1, -0.05) is 36.4 Å². The summed E-state index contributed by atoms with van der Waals surface area (Å²) in [7, 11) is 0. The van der Waals surface area contributed by atoms with E-state index in [9.17, 15) is 14.4 Å². The number of aromatic nitrogens is 1. The average molecular weight is 471 g/mol. The molecule has 2 aromatic carbocycles. The lowest BCUT2D eigenvalue weighted by atomic mass is 10.0. The molecule has 0 aliphatic rings. The van der Waals surface area contributed by atoms with Gasteiger partial charge in [-0.2, -0.15) is 0 Å². The Bertz CT molecular complexity index is 1170. The summed E-state index contributed by atoms with van der Waals surface area (Å²) < 4.78 is 10.8. The molecule has 9 heteroatoms. The first-order valence-corrected chi connectivity index (χ1v) is 10.6. The predicted octanol–water partition coefficient (Wildman–Crippen LogP) is 4.19. The monoisotopic (exact) mass is 470 g/mol. The fourth-order valence-corrected chi connectivity index (χ4v) is 3.42. The minimum Gasteiger partial charge on any atom is -0.492 e. The number of hydrogen-bond donors (Lipinski definition) is 3. The highest BCUT2D eigenvalue weighted by Gasteiger charge is 2.16. The number of carboxylic acid groups (broad SMARTS) is 1. The number of amides is 1. The Morgan fingerprint density at radius 1 is 1.15 bits per heavy atom. The van der Waals surface area contributed by atoms with Crippen LogP contribution in [-0.2, 0) is 14.3 Å². The molecule has 0 fully saturated rings. The predicted molar refractivity (Wildman–Crippen MR) is 125 cm³/mol. The van der Waals surface area contributed by atoms with Crippen LogP contribution >= 0.6 is 11.6 Å². The maximum Gasteiger partial charge on any atom is 0.340 e. The third-order valence-electron chi connectivity index (χ3n) is 4.75. The topological polar surface area (TPSA) is 118 Å². The van der Waals surface area contributed by atoms with E-state index < -0.39 is 11.9 Å². The van der Waals surface area contributed by atoms with Crippen molar-refractivity contribution < 1.29 is 29.0 Å². The van der Waals surface area contributed by atoms with Gasteiger partial charge in [-0.25, -0.2) is 4.79 Å². The van der Waals surface area contributed by atoms with E-state index in [1.165, 1.54) is 6.08 Å². The molecule has 0 saturated carbocycles. The number of aliphatic carboxylic acids is 1. The third kappa shape index (κ3) is 6.36. The molecular weight excluding hydrogens is 448 g/mol. The van der Waals surface area contributed by atoms with E-state index in [0.29, 0.717) is 21.7 Å². The number of carbonyl (C=O) groups excluding carboxylic acids is 2. The Labute approximate surface area is 195 Å². The fourth-order valence-electron chi connectivity index (χ4n) is 3.14. The molecular formula is C24H23ClN2O6. The van der Waals surface area contributed by atoms with Gasteiger partial charge in [0.2, 0.25) is 5.91 Å². The van der Waals surface area contributed by atoms with Crippen molar-refractivity contribution in [3.05, 3.63) is 65.8 Å². The van der Waals surface area contributed by atoms with Gasteiger partial charge in [0.25, 0.3) is 0 Å². The second-order valence-corrected chi connectivity index (χ2v) is 7.49. The number of halogens is 1. The van der Waals surface area contributed by atoms with Crippen molar-refractivity contribution >= 4 is 40.3 Å². The van der Waals surface area contributed by atoms with Crippen LogP contribution < -0.4 is 10.1 Å². The molecule has 0 spiro atoms. The van der Waals surface area contributed by atoms with Gasteiger partial charge >= 0.3 is 11.9 Å². The average Bonchev–Trinajstić information content (AvgIpc) is 3.21. The number of esters is 1. The van der Waals surface area contributed by atoms with Gasteiger partial charge in [-0.3, -0.25) is 9.59 Å². The van der Waals surface area contributed by atoms with Crippen molar-refractivity contribution in [2.45, 2.75) is 12.8 Å². The van der Waals surface area contributed by atoms with Crippen molar-refractivity contribution in [3.8, 4) is 16.9 Å². The van der Waals surface area contributed by atoms with E-state index in [1.54, 1.807) is 24.4 Å².